The minimum Gasteiger partial charge on any atom is -0.489 e. The summed E-state index contributed by atoms with van der Waals surface area (Å²) in [7, 11) is -3.63. The van der Waals surface area contributed by atoms with Crippen LogP contribution in [0.25, 0.3) is 0 Å². The van der Waals surface area contributed by atoms with Crippen LogP contribution < -0.4 is 15.4 Å². The van der Waals surface area contributed by atoms with Crippen LogP contribution in [0.1, 0.15) is 109 Å². The molecule has 0 aliphatic carbocycles. The fourth-order valence-corrected chi connectivity index (χ4v) is 7.63. The van der Waals surface area contributed by atoms with Gasteiger partial charge in [0, 0.05) is 19.2 Å². The van der Waals surface area contributed by atoms with Gasteiger partial charge in [0.05, 0.1) is 34.2 Å². The number of anilines is 1. The molecule has 10 nitrogen and oxygen atoms in total. The van der Waals surface area contributed by atoms with Crippen LogP contribution in [0.3, 0.4) is 0 Å². The molecular formula is C40H58ClN5O5S. The van der Waals surface area contributed by atoms with Crippen molar-refractivity contribution < 1.29 is 22.7 Å². The Morgan fingerprint density at radius 2 is 1.69 bits per heavy atom. The lowest BCUT2D eigenvalue weighted by molar-refractivity contribution is -0.122. The van der Waals surface area contributed by atoms with Crippen LogP contribution in [0.2, 0.25) is 0 Å². The van der Waals surface area contributed by atoms with Gasteiger partial charge >= 0.3 is 0 Å². The van der Waals surface area contributed by atoms with E-state index in [2.05, 4.69) is 40.2 Å². The van der Waals surface area contributed by atoms with Crippen LogP contribution in [0.15, 0.2) is 62.5 Å². The van der Waals surface area contributed by atoms with Gasteiger partial charge in [-0.2, -0.15) is 0 Å². The summed E-state index contributed by atoms with van der Waals surface area (Å²) in [6.45, 7) is 15.6. The first-order valence-electron chi connectivity index (χ1n) is 18.6. The van der Waals surface area contributed by atoms with Crippen molar-refractivity contribution in [2.24, 2.45) is 9.98 Å². The molecule has 0 radical (unpaired) electrons. The maximum absolute atomic E-state index is 13.2. The molecule has 2 N–H and O–H groups in total. The third kappa shape index (κ3) is 13.5. The molecule has 3 rings (SSSR count). The van der Waals surface area contributed by atoms with Crippen LogP contribution in [0.4, 0.5) is 11.4 Å². The number of aldehydes is 1. The van der Waals surface area contributed by atoms with E-state index in [-0.39, 0.29) is 33.5 Å². The second-order valence-electron chi connectivity index (χ2n) is 14.0. The standard InChI is InChI=1S/C40H58ClN5O5S/c1-29(2)51-37-26-33(32-19-22-46(23-20-32)28-39(48)43-21-15-11-9-7-8-10-12-16-24-47)31(5)25-36(37)45-40(34(41)27-42-6)44-35-17-13-14-18-38(35)52(49,50)30(3)4/h13-14,17-18,24-27,29-30,32H,6-12,15-16,19-23,28H2,1-5H3,(H,43,48)(H,44,45)/b34-27+. The first-order chi connectivity index (χ1) is 24.9. The third-order valence-corrected chi connectivity index (χ3v) is 11.6. The predicted molar refractivity (Wildman–Crippen MR) is 214 cm³/mol. The molecule has 1 saturated heterocycles. The van der Waals surface area contributed by atoms with Gasteiger partial charge in [0.1, 0.15) is 17.1 Å². The van der Waals surface area contributed by atoms with Crippen LogP contribution in [-0.2, 0) is 19.4 Å². The average Bonchev–Trinajstić information content (AvgIpc) is 3.10. The maximum atomic E-state index is 13.2. The number of piperidine rings is 1. The van der Waals surface area contributed by atoms with E-state index in [1.807, 2.05) is 19.9 Å². The molecule has 1 amide bonds. The van der Waals surface area contributed by atoms with Crippen molar-refractivity contribution in [3.8, 4) is 5.75 Å². The molecule has 1 fully saturated rings. The molecule has 2 aromatic carbocycles. The molecule has 2 aromatic rings. The Balaban J connectivity index is 1.69. The number of amides is 1. The molecular weight excluding hydrogens is 698 g/mol. The van der Waals surface area contributed by atoms with E-state index in [9.17, 15) is 18.0 Å². The first-order valence-corrected chi connectivity index (χ1v) is 20.5. The smallest absolute Gasteiger partial charge is 0.234 e. The van der Waals surface area contributed by atoms with E-state index in [1.54, 1.807) is 38.1 Å². The van der Waals surface area contributed by atoms with Crippen molar-refractivity contribution in [2.75, 3.05) is 31.5 Å². The number of ether oxygens (including phenoxy) is 1. The Morgan fingerprint density at radius 3 is 2.33 bits per heavy atom. The minimum atomic E-state index is -3.63. The second kappa shape index (κ2) is 21.9. The Morgan fingerprint density at radius 1 is 1.04 bits per heavy atom. The zero-order valence-corrected chi connectivity index (χ0v) is 33.2. The largest absolute Gasteiger partial charge is 0.489 e. The molecule has 0 bridgehead atoms. The maximum Gasteiger partial charge on any atom is 0.234 e. The van der Waals surface area contributed by atoms with Gasteiger partial charge in [-0.05, 0) is 121 Å². The molecule has 0 unspecified atom stereocenters. The number of hydrogen-bond donors (Lipinski definition) is 2. The number of unbranched alkanes of at least 4 members (excludes halogenated alkanes) is 7. The average molecular weight is 756 g/mol. The Labute approximate surface area is 316 Å². The van der Waals surface area contributed by atoms with Gasteiger partial charge in [0.2, 0.25) is 5.91 Å². The molecule has 52 heavy (non-hydrogen) atoms. The normalized spacial score (nSPS) is 14.8. The summed E-state index contributed by atoms with van der Waals surface area (Å²) >= 11 is 6.65. The van der Waals surface area contributed by atoms with E-state index in [0.717, 1.165) is 69.9 Å². The molecule has 1 aliphatic heterocycles. The number of amidine groups is 1. The van der Waals surface area contributed by atoms with Crippen molar-refractivity contribution >= 4 is 57.6 Å². The summed E-state index contributed by atoms with van der Waals surface area (Å²) in [5.74, 6) is 1.21. The van der Waals surface area contributed by atoms with Crippen molar-refractivity contribution in [3.63, 3.8) is 0 Å². The first kappa shape index (κ1) is 42.9. The Kier molecular flexibility index (Phi) is 18.0. The van der Waals surface area contributed by atoms with E-state index in [4.69, 9.17) is 21.3 Å². The number of nitrogens with zero attached hydrogens (tertiary/aromatic N) is 3. The van der Waals surface area contributed by atoms with Gasteiger partial charge in [-0.3, -0.25) is 14.7 Å². The van der Waals surface area contributed by atoms with Crippen molar-refractivity contribution in [1.29, 1.82) is 0 Å². The number of aliphatic imine (C=N–C) groups is 2. The molecule has 286 valence electrons. The van der Waals surface area contributed by atoms with Gasteiger partial charge < -0.3 is 20.2 Å². The number of carbonyl (C=O) groups excluding carboxylic acids is 2. The number of nitrogens with one attached hydrogen (secondary N) is 2. The van der Waals surface area contributed by atoms with E-state index < -0.39 is 15.1 Å². The van der Waals surface area contributed by atoms with Gasteiger partial charge in [-0.15, -0.1) is 0 Å². The monoisotopic (exact) mass is 755 g/mol. The summed E-state index contributed by atoms with van der Waals surface area (Å²) < 4.78 is 32.6. The quantitative estimate of drug-likeness (QED) is 0.0566. The lowest BCUT2D eigenvalue weighted by Gasteiger charge is -2.33. The predicted octanol–water partition coefficient (Wildman–Crippen LogP) is 8.50. The number of benzene rings is 2. The molecule has 0 saturated carbocycles. The summed E-state index contributed by atoms with van der Waals surface area (Å²) in [5, 5.41) is 5.92. The van der Waals surface area contributed by atoms with E-state index in [1.165, 1.54) is 24.6 Å². The molecule has 1 aliphatic rings. The third-order valence-electron chi connectivity index (χ3n) is 9.16. The fourth-order valence-electron chi connectivity index (χ4n) is 6.29. The highest BCUT2D eigenvalue weighted by atomic mass is 35.5. The van der Waals surface area contributed by atoms with E-state index in [0.29, 0.717) is 36.9 Å². The number of para-hydroxylation sites is 1. The van der Waals surface area contributed by atoms with Crippen LogP contribution >= 0.6 is 11.6 Å². The number of carbonyl (C=O) groups is 2. The Bertz CT molecular complexity index is 1650. The van der Waals surface area contributed by atoms with Crippen molar-refractivity contribution in [3.05, 3.63) is 58.8 Å². The number of aryl methyl sites for hydroxylation is 1. The van der Waals surface area contributed by atoms with Crippen LogP contribution in [0, 0.1) is 6.92 Å². The van der Waals surface area contributed by atoms with Crippen molar-refractivity contribution in [1.82, 2.24) is 10.2 Å². The number of rotatable bonds is 21. The molecule has 0 atom stereocenters. The zero-order chi connectivity index (χ0) is 38.1. The fraction of sp³-hybridized carbons (Fsp3) is 0.550. The zero-order valence-electron chi connectivity index (χ0n) is 31.6. The van der Waals surface area contributed by atoms with Gasteiger partial charge in [0.25, 0.3) is 0 Å². The summed E-state index contributed by atoms with van der Waals surface area (Å²) in [6, 6.07) is 10.7. The second-order valence-corrected chi connectivity index (χ2v) is 16.9. The van der Waals surface area contributed by atoms with Crippen molar-refractivity contribution in [2.45, 2.75) is 121 Å². The van der Waals surface area contributed by atoms with Crippen LogP contribution in [0.5, 0.6) is 5.75 Å². The molecule has 0 spiro atoms. The topological polar surface area (TPSA) is 130 Å². The summed E-state index contributed by atoms with van der Waals surface area (Å²) in [4.78, 5) is 33.9. The van der Waals surface area contributed by atoms with Gasteiger partial charge in [0.15, 0.2) is 15.7 Å². The molecule has 0 aromatic heterocycles. The highest BCUT2D eigenvalue weighted by molar-refractivity contribution is 7.92. The highest BCUT2D eigenvalue weighted by Gasteiger charge is 2.26. The van der Waals surface area contributed by atoms with Crippen LogP contribution in [-0.4, -0.2) is 75.6 Å². The number of likely N-dealkylation sites (tertiary alicyclic amines) is 1. The molecule has 12 heteroatoms. The minimum absolute atomic E-state index is 0.0767. The van der Waals surface area contributed by atoms with E-state index >= 15 is 0 Å². The summed E-state index contributed by atoms with van der Waals surface area (Å²) in [6.07, 6.45) is 12.4. The van der Waals surface area contributed by atoms with Gasteiger partial charge in [-0.25, -0.2) is 13.4 Å². The Hall–Kier alpha value is -3.54. The lowest BCUT2D eigenvalue weighted by Crippen LogP contribution is -2.41. The number of halogens is 1. The van der Waals surface area contributed by atoms with Gasteiger partial charge in [-0.1, -0.05) is 55.8 Å². The number of hydrogen-bond acceptors (Lipinski definition) is 8. The highest BCUT2D eigenvalue weighted by Crippen LogP contribution is 2.38. The lowest BCUT2D eigenvalue weighted by atomic mass is 9.86. The summed E-state index contributed by atoms with van der Waals surface area (Å²) in [5.41, 5.74) is 3.15. The number of sulfone groups is 1. The molecule has 1 heterocycles. The SMILES string of the molecule is C=N/C=C(/Cl)C(=Nc1ccccc1S(=O)(=O)C(C)C)Nc1cc(C)c(C2CCN(CC(=O)NCCCCCCCCCC=O)CC2)cc1OC(C)C.